The molecule has 2 amide bonds. The van der Waals surface area contributed by atoms with Crippen LogP contribution in [0, 0.1) is 0 Å². The van der Waals surface area contributed by atoms with Gasteiger partial charge in [-0.15, -0.1) is 0 Å². The van der Waals surface area contributed by atoms with Gasteiger partial charge in [-0.25, -0.2) is 5.43 Å². The Kier molecular flexibility index (Phi) is 7.11. The van der Waals surface area contributed by atoms with Crippen LogP contribution in [-0.4, -0.2) is 35.5 Å². The van der Waals surface area contributed by atoms with E-state index < -0.39 is 41.4 Å². The van der Waals surface area contributed by atoms with Gasteiger partial charge in [-0.1, -0.05) is 48.5 Å². The molecule has 0 unspecified atom stereocenters. The molecule has 0 saturated carbocycles. The van der Waals surface area contributed by atoms with Gasteiger partial charge in [-0.2, -0.15) is 35.8 Å². The molecule has 39 heavy (non-hydrogen) atoms. The maximum Gasteiger partial charge on any atom is 0.460 e. The highest BCUT2D eigenvalue weighted by atomic mass is 19.4. The van der Waals surface area contributed by atoms with Gasteiger partial charge in [0.05, 0.1) is 11.6 Å². The molecule has 6 nitrogen and oxygen atoms in total. The Morgan fingerprint density at radius 3 is 1.95 bits per heavy atom. The Hall–Kier alpha value is -4.42. The zero-order valence-corrected chi connectivity index (χ0v) is 19.8. The van der Waals surface area contributed by atoms with Crippen molar-refractivity contribution >= 4 is 23.2 Å². The molecular weight excluding hydrogens is 535 g/mol. The number of ether oxygens (including phenoxy) is 1. The molecule has 0 fully saturated rings. The van der Waals surface area contributed by atoms with E-state index in [1.54, 1.807) is 48.5 Å². The third kappa shape index (κ3) is 5.16. The largest absolute Gasteiger partial charge is 0.460 e. The lowest BCUT2D eigenvalue weighted by Gasteiger charge is -2.27. The number of benzene rings is 3. The van der Waals surface area contributed by atoms with Crippen molar-refractivity contribution in [2.75, 3.05) is 5.32 Å². The van der Waals surface area contributed by atoms with Gasteiger partial charge >= 0.3 is 23.9 Å². The Bertz CT molecular complexity index is 1410. The summed E-state index contributed by atoms with van der Waals surface area (Å²) in [6, 6.07) is 18.4. The van der Waals surface area contributed by atoms with Gasteiger partial charge < -0.3 is 10.1 Å². The SMILES string of the molecule is CC(=NNC(=O)C1c2ccccc2Oc2ccccc21)c1cccc(NC(=O)C(F)(F)C(F)(F)C(F)(F)F)c1. The number of alkyl halides is 7. The van der Waals surface area contributed by atoms with Crippen molar-refractivity contribution in [3.8, 4) is 11.5 Å². The summed E-state index contributed by atoms with van der Waals surface area (Å²) in [6.07, 6.45) is -6.65. The second-order valence-corrected chi connectivity index (χ2v) is 8.47. The predicted octanol–water partition coefficient (Wildman–Crippen LogP) is 6.24. The molecule has 0 aliphatic carbocycles. The molecule has 1 aliphatic heterocycles. The molecule has 0 radical (unpaired) electrons. The number of carbonyl (C=O) groups is 2. The van der Waals surface area contributed by atoms with Gasteiger partial charge in [0.2, 0.25) is 0 Å². The predicted molar refractivity (Wildman–Crippen MR) is 126 cm³/mol. The highest BCUT2D eigenvalue weighted by Gasteiger charge is 2.76. The Morgan fingerprint density at radius 1 is 0.821 bits per heavy atom. The first-order valence-corrected chi connectivity index (χ1v) is 11.2. The second-order valence-electron chi connectivity index (χ2n) is 8.47. The number of nitrogens with zero attached hydrogens (tertiary/aromatic N) is 1. The van der Waals surface area contributed by atoms with Crippen LogP contribution in [0.5, 0.6) is 11.5 Å². The zero-order chi connectivity index (χ0) is 28.6. The first-order valence-electron chi connectivity index (χ1n) is 11.2. The number of para-hydroxylation sites is 2. The van der Waals surface area contributed by atoms with Gasteiger partial charge in [-0.3, -0.25) is 9.59 Å². The Morgan fingerprint density at radius 2 is 1.38 bits per heavy atom. The summed E-state index contributed by atoms with van der Waals surface area (Å²) in [5.41, 5.74) is 3.35. The number of nitrogens with one attached hydrogen (secondary N) is 2. The summed E-state index contributed by atoms with van der Waals surface area (Å²) in [4.78, 5) is 24.8. The van der Waals surface area contributed by atoms with E-state index in [4.69, 9.17) is 4.74 Å². The quantitative estimate of drug-likeness (QED) is 0.216. The van der Waals surface area contributed by atoms with Gasteiger partial charge in [0.25, 0.3) is 5.91 Å². The summed E-state index contributed by atoms with van der Waals surface area (Å²) in [6.45, 7) is 1.42. The number of hydrogen-bond acceptors (Lipinski definition) is 4. The Balaban J connectivity index is 1.53. The molecule has 0 atom stereocenters. The molecule has 3 aromatic rings. The van der Waals surface area contributed by atoms with Crippen LogP contribution in [-0.2, 0) is 9.59 Å². The molecule has 1 heterocycles. The Labute approximate surface area is 216 Å². The summed E-state index contributed by atoms with van der Waals surface area (Å²) in [5, 5.41) is 5.37. The molecule has 0 saturated heterocycles. The fourth-order valence-corrected chi connectivity index (χ4v) is 3.81. The first kappa shape index (κ1) is 27.6. The summed E-state index contributed by atoms with van der Waals surface area (Å²) in [7, 11) is 0. The number of amides is 2. The number of halogens is 7. The van der Waals surface area contributed by atoms with Crippen LogP contribution in [0.2, 0.25) is 0 Å². The van der Waals surface area contributed by atoms with Crippen LogP contribution in [0.3, 0.4) is 0 Å². The monoisotopic (exact) mass is 553 g/mol. The van der Waals surface area contributed by atoms with Crippen molar-refractivity contribution in [3.05, 3.63) is 89.5 Å². The molecular formula is C26H18F7N3O3. The third-order valence-electron chi connectivity index (χ3n) is 5.85. The second kappa shape index (κ2) is 10.0. The van der Waals surface area contributed by atoms with E-state index in [1.807, 2.05) is 0 Å². The van der Waals surface area contributed by atoms with Gasteiger partial charge in [0.15, 0.2) is 0 Å². The van der Waals surface area contributed by atoms with E-state index in [1.165, 1.54) is 24.4 Å². The molecule has 204 valence electrons. The molecule has 4 rings (SSSR count). The molecule has 3 aromatic carbocycles. The fourth-order valence-electron chi connectivity index (χ4n) is 3.81. The van der Waals surface area contributed by atoms with Crippen molar-refractivity contribution in [1.29, 1.82) is 0 Å². The van der Waals surface area contributed by atoms with E-state index in [-0.39, 0.29) is 11.3 Å². The normalized spacial score (nSPS) is 14.1. The highest BCUT2D eigenvalue weighted by molar-refractivity contribution is 6.02. The lowest BCUT2D eigenvalue weighted by molar-refractivity contribution is -0.343. The third-order valence-corrected chi connectivity index (χ3v) is 5.85. The van der Waals surface area contributed by atoms with Crippen molar-refractivity contribution in [2.24, 2.45) is 5.10 Å². The van der Waals surface area contributed by atoms with Crippen LogP contribution in [0.1, 0.15) is 29.5 Å². The van der Waals surface area contributed by atoms with Crippen molar-refractivity contribution in [3.63, 3.8) is 0 Å². The summed E-state index contributed by atoms with van der Waals surface area (Å²) >= 11 is 0. The smallest absolute Gasteiger partial charge is 0.457 e. The van der Waals surface area contributed by atoms with E-state index >= 15 is 0 Å². The number of hydrogen-bond donors (Lipinski definition) is 2. The molecule has 1 aliphatic rings. The average Bonchev–Trinajstić information content (AvgIpc) is 2.89. The average molecular weight is 553 g/mol. The van der Waals surface area contributed by atoms with Crippen LogP contribution in [0.4, 0.5) is 36.4 Å². The topological polar surface area (TPSA) is 79.8 Å². The standard InChI is InChI=1S/C26H18F7N3O3/c1-14(15-7-6-8-16(13-15)34-23(38)24(27,28)25(29,30)26(31,32)33)35-36-22(37)21-17-9-2-4-11-19(17)39-20-12-5-3-10-18(20)21/h2-13,21H,1H3,(H,34,38)(H,36,37). The van der Waals surface area contributed by atoms with E-state index in [0.29, 0.717) is 22.6 Å². The maximum absolute atomic E-state index is 13.7. The zero-order valence-electron chi connectivity index (χ0n) is 19.8. The number of rotatable bonds is 6. The van der Waals surface area contributed by atoms with E-state index in [0.717, 1.165) is 12.1 Å². The molecule has 0 spiro atoms. The van der Waals surface area contributed by atoms with Crippen molar-refractivity contribution < 1.29 is 45.1 Å². The minimum Gasteiger partial charge on any atom is -0.457 e. The number of hydrazone groups is 1. The van der Waals surface area contributed by atoms with Crippen molar-refractivity contribution in [1.82, 2.24) is 5.43 Å². The first-order chi connectivity index (χ1) is 18.2. The number of anilines is 1. The maximum atomic E-state index is 13.7. The molecule has 0 bridgehead atoms. The van der Waals surface area contributed by atoms with Gasteiger partial charge in [0, 0.05) is 16.8 Å². The van der Waals surface area contributed by atoms with Crippen LogP contribution in [0.15, 0.2) is 77.9 Å². The number of fused-ring (bicyclic) bond motifs is 2. The molecule has 0 aromatic heterocycles. The van der Waals surface area contributed by atoms with Crippen LogP contribution in [0.25, 0.3) is 0 Å². The summed E-state index contributed by atoms with van der Waals surface area (Å²) < 4.78 is 96.7. The highest BCUT2D eigenvalue weighted by Crippen LogP contribution is 2.47. The minimum atomic E-state index is -6.65. The lowest BCUT2D eigenvalue weighted by Crippen LogP contribution is -2.57. The lowest BCUT2D eigenvalue weighted by atomic mass is 9.87. The summed E-state index contributed by atoms with van der Waals surface area (Å²) in [5.74, 6) is -15.9. The number of carbonyl (C=O) groups excluding carboxylic acids is 2. The van der Waals surface area contributed by atoms with Crippen LogP contribution < -0.4 is 15.5 Å². The van der Waals surface area contributed by atoms with E-state index in [2.05, 4.69) is 10.5 Å². The van der Waals surface area contributed by atoms with Crippen LogP contribution >= 0.6 is 0 Å². The van der Waals surface area contributed by atoms with Crippen molar-refractivity contribution in [2.45, 2.75) is 30.9 Å². The molecule has 2 N–H and O–H groups in total. The van der Waals surface area contributed by atoms with Gasteiger partial charge in [0.1, 0.15) is 11.5 Å². The minimum absolute atomic E-state index is 0.112. The fraction of sp³-hybridized carbons (Fsp3) is 0.192. The molecule has 13 heteroatoms. The van der Waals surface area contributed by atoms with Gasteiger partial charge in [-0.05, 0) is 36.8 Å². The van der Waals surface area contributed by atoms with E-state index in [9.17, 15) is 40.3 Å².